The predicted octanol–water partition coefficient (Wildman–Crippen LogP) is 6.38. The Morgan fingerprint density at radius 3 is 1.52 bits per heavy atom. The number of nitrogens with one attached hydrogen (secondary N) is 1. The molecule has 5 atom stereocenters. The van der Waals surface area contributed by atoms with Gasteiger partial charge in [0.15, 0.2) is 6.23 Å². The van der Waals surface area contributed by atoms with Crippen LogP contribution in [0, 0.1) is 0 Å². The van der Waals surface area contributed by atoms with Gasteiger partial charge in [0.2, 0.25) is 11.8 Å². The van der Waals surface area contributed by atoms with E-state index in [-0.39, 0.29) is 11.8 Å². The minimum atomic E-state index is -1.36. The van der Waals surface area contributed by atoms with Crippen molar-refractivity contribution in [2.45, 2.75) is 193 Å². The van der Waals surface area contributed by atoms with Crippen LogP contribution in [0.3, 0.4) is 0 Å². The van der Waals surface area contributed by atoms with Gasteiger partial charge in [0.05, 0.1) is 6.61 Å². The van der Waals surface area contributed by atoms with Crippen LogP contribution in [-0.4, -0.2) is 75.8 Å². The molecule has 0 aromatic rings. The van der Waals surface area contributed by atoms with E-state index in [0.29, 0.717) is 13.0 Å². The molecule has 2 amide bonds. The van der Waals surface area contributed by atoms with Crippen molar-refractivity contribution in [3.05, 3.63) is 0 Å². The molecule has 1 heterocycles. The molecule has 0 radical (unpaired) electrons. The second-order valence-corrected chi connectivity index (χ2v) is 12.5. The van der Waals surface area contributed by atoms with Crippen LogP contribution in [0.15, 0.2) is 0 Å². The van der Waals surface area contributed by atoms with Gasteiger partial charge in [0, 0.05) is 19.9 Å². The Morgan fingerprint density at radius 2 is 1.10 bits per heavy atom. The van der Waals surface area contributed by atoms with E-state index in [9.17, 15) is 24.9 Å². The van der Waals surface area contributed by atoms with E-state index in [2.05, 4.69) is 19.2 Å². The Morgan fingerprint density at radius 1 is 0.667 bits per heavy atom. The van der Waals surface area contributed by atoms with Crippen molar-refractivity contribution in [1.82, 2.24) is 10.2 Å². The first kappa shape index (κ1) is 38.8. The summed E-state index contributed by atoms with van der Waals surface area (Å²) in [4.78, 5) is 27.1. The molecule has 0 aromatic heterocycles. The lowest BCUT2D eigenvalue weighted by molar-refractivity contribution is -0.231. The van der Waals surface area contributed by atoms with Crippen molar-refractivity contribution in [2.24, 2.45) is 0 Å². The molecule has 8 nitrogen and oxygen atoms in total. The van der Waals surface area contributed by atoms with E-state index in [1.807, 2.05) is 0 Å². The van der Waals surface area contributed by atoms with Gasteiger partial charge in [-0.1, -0.05) is 136 Å². The Bertz CT molecular complexity index is 678. The van der Waals surface area contributed by atoms with Crippen LogP contribution in [0.4, 0.5) is 0 Å². The summed E-state index contributed by atoms with van der Waals surface area (Å²) in [5, 5.41) is 33.7. The van der Waals surface area contributed by atoms with Gasteiger partial charge in [-0.05, 0) is 12.8 Å². The molecule has 8 heteroatoms. The first-order valence-electron chi connectivity index (χ1n) is 17.6. The zero-order chi connectivity index (χ0) is 31.0. The topological polar surface area (TPSA) is 119 Å². The van der Waals surface area contributed by atoms with Gasteiger partial charge in [-0.2, -0.15) is 0 Å². The number of hydrogen-bond acceptors (Lipinski definition) is 6. The summed E-state index contributed by atoms with van der Waals surface area (Å²) < 4.78 is 5.99. The van der Waals surface area contributed by atoms with Crippen molar-refractivity contribution < 1.29 is 29.6 Å². The molecule has 1 rings (SSSR count). The summed E-state index contributed by atoms with van der Waals surface area (Å²) >= 11 is 0. The van der Waals surface area contributed by atoms with E-state index in [1.165, 1.54) is 103 Å². The van der Waals surface area contributed by atoms with Gasteiger partial charge in [0.1, 0.15) is 24.4 Å². The third-order valence-corrected chi connectivity index (χ3v) is 8.64. The Balaban J connectivity index is 2.63. The highest BCUT2D eigenvalue weighted by molar-refractivity contribution is 5.77. The smallest absolute Gasteiger partial charge is 0.224 e. The fraction of sp³-hybridized carbons (Fsp3) is 0.941. The monoisotopic (exact) mass is 598 g/mol. The highest BCUT2D eigenvalue weighted by Crippen LogP contribution is 2.26. The second-order valence-electron chi connectivity index (χ2n) is 12.5. The Labute approximate surface area is 257 Å². The largest absolute Gasteiger partial charge is 0.394 e. The summed E-state index contributed by atoms with van der Waals surface area (Å²) in [5.74, 6) is -0.444. The van der Waals surface area contributed by atoms with Gasteiger partial charge < -0.3 is 30.3 Å². The fourth-order valence-electron chi connectivity index (χ4n) is 6.00. The Kier molecular flexibility index (Phi) is 23.2. The van der Waals surface area contributed by atoms with Crippen LogP contribution in [0.25, 0.3) is 0 Å². The van der Waals surface area contributed by atoms with Gasteiger partial charge >= 0.3 is 0 Å². The second kappa shape index (κ2) is 25.1. The molecular formula is C34H66N2O6. The average Bonchev–Trinajstić information content (AvgIpc) is 2.97. The normalized spacial score (nSPS) is 22.3. The van der Waals surface area contributed by atoms with Gasteiger partial charge in [-0.3, -0.25) is 9.59 Å². The van der Waals surface area contributed by atoms with Gasteiger partial charge in [0.25, 0.3) is 0 Å². The highest BCUT2D eigenvalue weighted by Gasteiger charge is 2.47. The molecule has 0 aliphatic carbocycles. The van der Waals surface area contributed by atoms with E-state index in [0.717, 1.165) is 38.5 Å². The molecule has 0 bridgehead atoms. The lowest BCUT2D eigenvalue weighted by atomic mass is 9.94. The molecule has 248 valence electrons. The molecule has 1 aliphatic heterocycles. The summed E-state index contributed by atoms with van der Waals surface area (Å²) in [5.41, 5.74) is 0. The van der Waals surface area contributed by atoms with E-state index in [4.69, 9.17) is 4.74 Å². The van der Waals surface area contributed by atoms with Crippen LogP contribution in [-0.2, 0) is 14.3 Å². The molecule has 0 aromatic carbocycles. The zero-order valence-electron chi connectivity index (χ0n) is 27.4. The number of nitrogens with zero attached hydrogens (tertiary/aromatic N) is 1. The minimum Gasteiger partial charge on any atom is -0.394 e. The number of carbonyl (C=O) groups excluding carboxylic acids is 2. The first-order chi connectivity index (χ1) is 20.4. The molecule has 42 heavy (non-hydrogen) atoms. The quantitative estimate of drug-likeness (QED) is 0.0858. The maximum atomic E-state index is 13.5. The van der Waals surface area contributed by atoms with Crippen molar-refractivity contribution >= 4 is 11.8 Å². The maximum Gasteiger partial charge on any atom is 0.224 e. The molecule has 1 aliphatic rings. The molecule has 1 fully saturated rings. The molecular weight excluding hydrogens is 532 g/mol. The van der Waals surface area contributed by atoms with E-state index in [1.54, 1.807) is 4.90 Å². The Hall–Kier alpha value is -1.22. The lowest BCUT2D eigenvalue weighted by Crippen LogP contribution is -2.68. The zero-order valence-corrected chi connectivity index (χ0v) is 27.4. The van der Waals surface area contributed by atoms with Crippen LogP contribution in [0.5, 0.6) is 0 Å². The van der Waals surface area contributed by atoms with Crippen LogP contribution >= 0.6 is 0 Å². The van der Waals surface area contributed by atoms with Crippen molar-refractivity contribution in [3.8, 4) is 0 Å². The predicted molar refractivity (Wildman–Crippen MR) is 170 cm³/mol. The number of rotatable bonds is 26. The number of hydrogen-bond donors (Lipinski definition) is 4. The number of amides is 2. The molecule has 0 spiro atoms. The third-order valence-electron chi connectivity index (χ3n) is 8.64. The summed E-state index contributed by atoms with van der Waals surface area (Å²) in [6.07, 6.45) is 20.8. The average molecular weight is 599 g/mol. The first-order valence-corrected chi connectivity index (χ1v) is 17.6. The standard InChI is InChI=1S/C34H66N2O6/c1-4-6-8-10-12-14-15-16-18-20-22-24-26-36(30(39)25-23-21-19-17-13-11-9-7-5-2)34-31(35-28(3)38)33(41)32(40)29(27-37)42-34/h29,31-34,37,40-41H,4-27H2,1-3H3,(H,35,38)/t29-,31-,32-,33-,34-/m1/s1. The summed E-state index contributed by atoms with van der Waals surface area (Å²) in [6, 6.07) is -0.968. The van der Waals surface area contributed by atoms with Crippen molar-refractivity contribution in [2.75, 3.05) is 13.2 Å². The number of ether oxygens (including phenoxy) is 1. The number of aliphatic hydroxyl groups is 3. The molecule has 1 saturated heterocycles. The molecule has 0 saturated carbocycles. The van der Waals surface area contributed by atoms with Crippen molar-refractivity contribution in [1.29, 1.82) is 0 Å². The highest BCUT2D eigenvalue weighted by atomic mass is 16.5. The van der Waals surface area contributed by atoms with Gasteiger partial charge in [-0.15, -0.1) is 0 Å². The number of carbonyl (C=O) groups is 2. The number of unbranched alkanes of at least 4 members (excludes halogenated alkanes) is 19. The summed E-state index contributed by atoms with van der Waals surface area (Å²) in [7, 11) is 0. The van der Waals surface area contributed by atoms with Crippen molar-refractivity contribution in [3.63, 3.8) is 0 Å². The van der Waals surface area contributed by atoms with Gasteiger partial charge in [-0.25, -0.2) is 0 Å². The van der Waals surface area contributed by atoms with E-state index >= 15 is 0 Å². The molecule has 4 N–H and O–H groups in total. The van der Waals surface area contributed by atoms with Crippen LogP contribution < -0.4 is 5.32 Å². The third kappa shape index (κ3) is 16.6. The lowest BCUT2D eigenvalue weighted by Gasteiger charge is -2.46. The SMILES string of the molecule is CCCCCCCCCCCCCCN(C(=O)CCCCCCCCCCC)[C@@H]1O[C@H](CO)[C@@H](O)[C@H](O)[C@H]1NC(C)=O. The minimum absolute atomic E-state index is 0.0679. The molecule has 0 unspecified atom stereocenters. The maximum absolute atomic E-state index is 13.5. The van der Waals surface area contributed by atoms with Crippen LogP contribution in [0.2, 0.25) is 0 Å². The summed E-state index contributed by atoms with van der Waals surface area (Å²) in [6.45, 7) is 5.78. The van der Waals surface area contributed by atoms with Crippen LogP contribution in [0.1, 0.15) is 162 Å². The fourth-order valence-corrected chi connectivity index (χ4v) is 6.00. The number of aliphatic hydroxyl groups excluding tert-OH is 3. The van der Waals surface area contributed by atoms with E-state index < -0.39 is 37.2 Å².